The fourth-order valence-corrected chi connectivity index (χ4v) is 4.86. The molecule has 0 aromatic heterocycles. The quantitative estimate of drug-likeness (QED) is 0.642. The van der Waals surface area contributed by atoms with Gasteiger partial charge in [-0.25, -0.2) is 0 Å². The summed E-state index contributed by atoms with van der Waals surface area (Å²) in [6.07, 6.45) is 10.5. The van der Waals surface area contributed by atoms with Crippen molar-refractivity contribution < 1.29 is 4.74 Å². The molecule has 5 atom stereocenters. The maximum absolute atomic E-state index is 5.90. The summed E-state index contributed by atoms with van der Waals surface area (Å²) in [6.45, 7) is 9.88. The van der Waals surface area contributed by atoms with Crippen molar-refractivity contribution in [3.8, 4) is 0 Å². The minimum atomic E-state index is 0.264. The van der Waals surface area contributed by atoms with Crippen molar-refractivity contribution in [3.05, 3.63) is 0 Å². The molecule has 3 aliphatic rings. The van der Waals surface area contributed by atoms with Crippen LogP contribution in [0.2, 0.25) is 0 Å². The number of fused-ring (bicyclic) bond motifs is 1. The van der Waals surface area contributed by atoms with Crippen LogP contribution < -0.4 is 0 Å². The Morgan fingerprint density at radius 1 is 1.06 bits per heavy atom. The molecule has 3 fully saturated rings. The molecule has 1 heterocycles. The smallest absolute Gasteiger partial charge is 0.0923 e. The van der Waals surface area contributed by atoms with Crippen molar-refractivity contribution in [1.29, 1.82) is 0 Å². The molecule has 104 valence electrons. The van der Waals surface area contributed by atoms with Gasteiger partial charge in [0.05, 0.1) is 11.7 Å². The maximum atomic E-state index is 5.90. The van der Waals surface area contributed by atoms with Gasteiger partial charge in [0.25, 0.3) is 0 Å². The summed E-state index contributed by atoms with van der Waals surface area (Å²) in [6, 6.07) is 0. The summed E-state index contributed by atoms with van der Waals surface area (Å²) in [5.74, 6) is 2.79. The van der Waals surface area contributed by atoms with E-state index in [1.54, 1.807) is 0 Å². The van der Waals surface area contributed by atoms with Gasteiger partial charge in [0.15, 0.2) is 0 Å². The van der Waals surface area contributed by atoms with E-state index < -0.39 is 0 Å². The SMILES string of the molecule is CC1CCCC(C(C)(C)C2CCC3OC3(C)C2)C1. The second-order valence-corrected chi connectivity index (χ2v) is 8.19. The van der Waals surface area contributed by atoms with E-state index in [4.69, 9.17) is 4.74 Å². The lowest BCUT2D eigenvalue weighted by molar-refractivity contribution is 0.0409. The lowest BCUT2D eigenvalue weighted by atomic mass is 9.59. The van der Waals surface area contributed by atoms with Gasteiger partial charge in [-0.2, -0.15) is 0 Å². The van der Waals surface area contributed by atoms with Crippen LogP contribution in [0.15, 0.2) is 0 Å². The van der Waals surface area contributed by atoms with Crippen LogP contribution in [-0.2, 0) is 4.74 Å². The largest absolute Gasteiger partial charge is 0.366 e. The fourth-order valence-electron chi connectivity index (χ4n) is 4.86. The van der Waals surface area contributed by atoms with E-state index in [-0.39, 0.29) is 5.60 Å². The van der Waals surface area contributed by atoms with E-state index in [9.17, 15) is 0 Å². The molecule has 0 bridgehead atoms. The van der Waals surface area contributed by atoms with Gasteiger partial charge < -0.3 is 4.74 Å². The van der Waals surface area contributed by atoms with Crippen LogP contribution >= 0.6 is 0 Å². The topological polar surface area (TPSA) is 12.5 Å². The predicted octanol–water partition coefficient (Wildman–Crippen LogP) is 4.80. The summed E-state index contributed by atoms with van der Waals surface area (Å²) in [7, 11) is 0. The first-order chi connectivity index (χ1) is 8.42. The molecule has 0 aromatic carbocycles. The normalized spacial score (nSPS) is 48.7. The van der Waals surface area contributed by atoms with Crippen molar-refractivity contribution in [2.24, 2.45) is 23.2 Å². The molecule has 0 aromatic rings. The predicted molar refractivity (Wildman–Crippen MR) is 75.5 cm³/mol. The van der Waals surface area contributed by atoms with Gasteiger partial charge in [0.1, 0.15) is 0 Å². The summed E-state index contributed by atoms with van der Waals surface area (Å²) < 4.78 is 5.90. The van der Waals surface area contributed by atoms with E-state index in [1.807, 2.05) is 0 Å². The zero-order valence-corrected chi connectivity index (χ0v) is 12.7. The Morgan fingerprint density at radius 2 is 1.83 bits per heavy atom. The fraction of sp³-hybridized carbons (Fsp3) is 1.00. The summed E-state index contributed by atoms with van der Waals surface area (Å²) in [5, 5.41) is 0. The highest BCUT2D eigenvalue weighted by molar-refractivity contribution is 5.06. The molecule has 1 aliphatic heterocycles. The molecule has 18 heavy (non-hydrogen) atoms. The second-order valence-electron chi connectivity index (χ2n) is 8.19. The Labute approximate surface area is 113 Å². The monoisotopic (exact) mass is 250 g/mol. The molecule has 1 saturated heterocycles. The molecule has 2 saturated carbocycles. The molecule has 3 rings (SSSR count). The van der Waals surface area contributed by atoms with Crippen LogP contribution in [0.1, 0.15) is 72.6 Å². The Morgan fingerprint density at radius 3 is 2.50 bits per heavy atom. The number of hydrogen-bond donors (Lipinski definition) is 0. The molecular weight excluding hydrogens is 220 g/mol. The minimum absolute atomic E-state index is 0.264. The zero-order valence-electron chi connectivity index (χ0n) is 12.7. The average Bonchev–Trinajstić information content (AvgIpc) is 2.99. The average molecular weight is 250 g/mol. The van der Waals surface area contributed by atoms with E-state index in [2.05, 4.69) is 27.7 Å². The summed E-state index contributed by atoms with van der Waals surface area (Å²) >= 11 is 0. The third-order valence-corrected chi connectivity index (χ3v) is 6.51. The highest BCUT2D eigenvalue weighted by Gasteiger charge is 2.58. The van der Waals surface area contributed by atoms with Gasteiger partial charge in [0, 0.05) is 0 Å². The first-order valence-electron chi connectivity index (χ1n) is 8.09. The highest BCUT2D eigenvalue weighted by atomic mass is 16.6. The molecular formula is C17H30O. The molecule has 2 aliphatic carbocycles. The molecule has 0 N–H and O–H groups in total. The highest BCUT2D eigenvalue weighted by Crippen LogP contribution is 2.56. The molecule has 0 spiro atoms. The van der Waals surface area contributed by atoms with Gasteiger partial charge in [-0.15, -0.1) is 0 Å². The van der Waals surface area contributed by atoms with Gasteiger partial charge >= 0.3 is 0 Å². The van der Waals surface area contributed by atoms with Crippen LogP contribution in [-0.4, -0.2) is 11.7 Å². The van der Waals surface area contributed by atoms with Crippen LogP contribution in [0.5, 0.6) is 0 Å². The van der Waals surface area contributed by atoms with Crippen molar-refractivity contribution in [1.82, 2.24) is 0 Å². The molecule has 1 nitrogen and oxygen atoms in total. The number of hydrogen-bond acceptors (Lipinski definition) is 1. The van der Waals surface area contributed by atoms with Crippen molar-refractivity contribution in [2.75, 3.05) is 0 Å². The molecule has 5 unspecified atom stereocenters. The van der Waals surface area contributed by atoms with E-state index in [0.717, 1.165) is 17.8 Å². The van der Waals surface area contributed by atoms with Crippen LogP contribution in [0, 0.1) is 23.2 Å². The van der Waals surface area contributed by atoms with Gasteiger partial charge in [-0.05, 0) is 62.2 Å². The first-order valence-corrected chi connectivity index (χ1v) is 8.09. The van der Waals surface area contributed by atoms with E-state index >= 15 is 0 Å². The lowest BCUT2D eigenvalue weighted by Gasteiger charge is -2.46. The second kappa shape index (κ2) is 4.23. The third kappa shape index (κ3) is 2.13. The minimum Gasteiger partial charge on any atom is -0.366 e. The van der Waals surface area contributed by atoms with Crippen LogP contribution in [0.4, 0.5) is 0 Å². The van der Waals surface area contributed by atoms with Crippen LogP contribution in [0.25, 0.3) is 0 Å². The third-order valence-electron chi connectivity index (χ3n) is 6.51. The van der Waals surface area contributed by atoms with Crippen molar-refractivity contribution >= 4 is 0 Å². The van der Waals surface area contributed by atoms with Gasteiger partial charge in [-0.1, -0.05) is 33.6 Å². The van der Waals surface area contributed by atoms with E-state index in [1.165, 1.54) is 44.9 Å². The van der Waals surface area contributed by atoms with Crippen molar-refractivity contribution in [2.45, 2.75) is 84.3 Å². The molecule has 1 heteroatoms. The standard InChI is InChI=1S/C17H30O/c1-12-6-5-7-13(10-12)16(2,3)14-8-9-15-17(4,11-14)18-15/h12-15H,5-11H2,1-4H3. The maximum Gasteiger partial charge on any atom is 0.0923 e. The number of epoxide rings is 1. The van der Waals surface area contributed by atoms with Crippen molar-refractivity contribution in [3.63, 3.8) is 0 Å². The Balaban J connectivity index is 1.69. The summed E-state index contributed by atoms with van der Waals surface area (Å²) in [5.41, 5.74) is 0.787. The molecule has 0 radical (unpaired) electrons. The van der Waals surface area contributed by atoms with Gasteiger partial charge in [-0.3, -0.25) is 0 Å². The Hall–Kier alpha value is -0.0400. The Kier molecular flexibility index (Phi) is 3.05. The van der Waals surface area contributed by atoms with Crippen LogP contribution in [0.3, 0.4) is 0 Å². The Bertz CT molecular complexity index is 322. The van der Waals surface area contributed by atoms with Gasteiger partial charge in [0.2, 0.25) is 0 Å². The summed E-state index contributed by atoms with van der Waals surface area (Å²) in [4.78, 5) is 0. The number of rotatable bonds is 2. The van der Waals surface area contributed by atoms with E-state index in [0.29, 0.717) is 11.5 Å². The zero-order chi connectivity index (χ0) is 13.0. The lowest BCUT2D eigenvalue weighted by Crippen LogP contribution is -2.39. The first kappa shape index (κ1) is 13.0. The number of ether oxygens (including phenoxy) is 1. The molecule has 0 amide bonds.